The van der Waals surface area contributed by atoms with E-state index in [4.69, 9.17) is 4.74 Å². The molecule has 0 atom stereocenters. The van der Waals surface area contributed by atoms with Crippen LogP contribution < -0.4 is 4.74 Å². The summed E-state index contributed by atoms with van der Waals surface area (Å²) in [4.78, 5) is 14.8. The summed E-state index contributed by atoms with van der Waals surface area (Å²) in [6.45, 7) is 7.66. The zero-order valence-corrected chi connectivity index (χ0v) is 20.6. The van der Waals surface area contributed by atoms with E-state index in [1.165, 1.54) is 4.31 Å². The number of aromatic nitrogens is 2. The Bertz CT molecular complexity index is 1250. The lowest BCUT2D eigenvalue weighted by atomic mass is 10.2. The first-order valence-corrected chi connectivity index (χ1v) is 12.9. The fourth-order valence-corrected chi connectivity index (χ4v) is 6.06. The van der Waals surface area contributed by atoms with Gasteiger partial charge in [-0.25, -0.2) is 8.42 Å². The highest BCUT2D eigenvalue weighted by atomic mass is 32.2. The first-order chi connectivity index (χ1) is 16.3. The van der Waals surface area contributed by atoms with E-state index in [1.54, 1.807) is 47.7 Å². The molecular weight excluding hydrogens is 452 g/mol. The molecule has 0 N–H and O–H groups in total. The van der Waals surface area contributed by atoms with E-state index in [0.717, 1.165) is 5.56 Å². The Morgan fingerprint density at radius 3 is 2.24 bits per heavy atom. The maximum atomic E-state index is 13.5. The van der Waals surface area contributed by atoms with Crippen LogP contribution in [-0.4, -0.2) is 66.1 Å². The van der Waals surface area contributed by atoms with E-state index in [0.29, 0.717) is 48.9 Å². The molecule has 1 aromatic heterocycles. The average molecular weight is 483 g/mol. The number of hydrogen-bond donors (Lipinski definition) is 0. The molecule has 9 heteroatoms. The second-order valence-corrected chi connectivity index (χ2v) is 10.2. The standard InChI is InChI=1S/C25H30N4O4S/c1-4-33-23-12-10-22(11-13-23)25(30)27-14-16-28(17-15-27)34(31,32)24-19(2)26-29(20(24)3)18-21-8-6-5-7-9-21/h5-13H,4,14-18H2,1-3H3. The Morgan fingerprint density at radius 2 is 1.62 bits per heavy atom. The molecule has 0 radical (unpaired) electrons. The van der Waals surface area contributed by atoms with Crippen LogP contribution in [0.4, 0.5) is 0 Å². The zero-order valence-electron chi connectivity index (χ0n) is 19.8. The summed E-state index contributed by atoms with van der Waals surface area (Å²) < 4.78 is 35.6. The number of carbonyl (C=O) groups excluding carboxylic acids is 1. The molecule has 2 heterocycles. The lowest BCUT2D eigenvalue weighted by Gasteiger charge is -2.34. The fraction of sp³-hybridized carbons (Fsp3) is 0.360. The molecule has 2 aromatic carbocycles. The quantitative estimate of drug-likeness (QED) is 0.517. The van der Waals surface area contributed by atoms with Gasteiger partial charge in [0.15, 0.2) is 0 Å². The lowest BCUT2D eigenvalue weighted by molar-refractivity contribution is 0.0698. The van der Waals surface area contributed by atoms with Gasteiger partial charge >= 0.3 is 0 Å². The number of amides is 1. The number of nitrogens with zero attached hydrogens (tertiary/aromatic N) is 4. The number of ether oxygens (including phenoxy) is 1. The van der Waals surface area contributed by atoms with Gasteiger partial charge in [-0.05, 0) is 50.6 Å². The first kappa shape index (κ1) is 24.0. The summed E-state index contributed by atoms with van der Waals surface area (Å²) in [5, 5.41) is 4.51. The Morgan fingerprint density at radius 1 is 0.971 bits per heavy atom. The zero-order chi connectivity index (χ0) is 24.3. The molecule has 0 bridgehead atoms. The molecule has 4 rings (SSSR count). The van der Waals surface area contributed by atoms with E-state index >= 15 is 0 Å². The van der Waals surface area contributed by atoms with Crippen LogP contribution in [0.5, 0.6) is 5.75 Å². The van der Waals surface area contributed by atoms with E-state index in [2.05, 4.69) is 5.10 Å². The van der Waals surface area contributed by atoms with Crippen LogP contribution in [0.15, 0.2) is 59.5 Å². The van der Waals surface area contributed by atoms with Crippen LogP contribution in [0.1, 0.15) is 34.2 Å². The van der Waals surface area contributed by atoms with Crippen molar-refractivity contribution in [2.45, 2.75) is 32.2 Å². The van der Waals surface area contributed by atoms with Gasteiger partial charge in [-0.15, -0.1) is 0 Å². The lowest BCUT2D eigenvalue weighted by Crippen LogP contribution is -2.50. The Hall–Kier alpha value is -3.17. The maximum absolute atomic E-state index is 13.5. The Labute approximate surface area is 200 Å². The molecule has 1 saturated heterocycles. The predicted octanol–water partition coefficient (Wildman–Crippen LogP) is 3.09. The molecule has 1 amide bonds. The van der Waals surface area contributed by atoms with Crippen molar-refractivity contribution in [2.24, 2.45) is 0 Å². The van der Waals surface area contributed by atoms with E-state index in [1.807, 2.05) is 37.3 Å². The van der Waals surface area contributed by atoms with Crippen LogP contribution >= 0.6 is 0 Å². The Balaban J connectivity index is 1.45. The number of benzene rings is 2. The summed E-state index contributed by atoms with van der Waals surface area (Å²) >= 11 is 0. The number of piperazine rings is 1. The molecular formula is C25H30N4O4S. The van der Waals surface area contributed by atoms with Gasteiger partial charge in [-0.2, -0.15) is 9.40 Å². The van der Waals surface area contributed by atoms with Gasteiger partial charge in [0.25, 0.3) is 5.91 Å². The molecule has 1 fully saturated rings. The highest BCUT2D eigenvalue weighted by molar-refractivity contribution is 7.89. The van der Waals surface area contributed by atoms with Crippen molar-refractivity contribution in [3.63, 3.8) is 0 Å². The molecule has 1 aliphatic heterocycles. The minimum Gasteiger partial charge on any atom is -0.494 e. The fourth-order valence-electron chi connectivity index (χ4n) is 4.27. The van der Waals surface area contributed by atoms with Crippen molar-refractivity contribution in [2.75, 3.05) is 32.8 Å². The third-order valence-electron chi connectivity index (χ3n) is 6.03. The monoisotopic (exact) mass is 482 g/mol. The third kappa shape index (κ3) is 4.85. The van der Waals surface area contributed by atoms with Crippen LogP contribution in [0.25, 0.3) is 0 Å². The molecule has 3 aromatic rings. The van der Waals surface area contributed by atoms with Gasteiger partial charge in [0.1, 0.15) is 10.6 Å². The number of aryl methyl sites for hydroxylation is 1. The van der Waals surface area contributed by atoms with Crippen molar-refractivity contribution >= 4 is 15.9 Å². The highest BCUT2D eigenvalue weighted by Gasteiger charge is 2.34. The van der Waals surface area contributed by atoms with E-state index in [9.17, 15) is 13.2 Å². The van der Waals surface area contributed by atoms with Crippen molar-refractivity contribution in [1.82, 2.24) is 19.0 Å². The maximum Gasteiger partial charge on any atom is 0.253 e. The van der Waals surface area contributed by atoms with Crippen LogP contribution in [0.2, 0.25) is 0 Å². The van der Waals surface area contributed by atoms with Gasteiger partial charge < -0.3 is 9.64 Å². The predicted molar refractivity (Wildman–Crippen MR) is 130 cm³/mol. The second kappa shape index (κ2) is 9.99. The van der Waals surface area contributed by atoms with Crippen molar-refractivity contribution in [3.05, 3.63) is 77.1 Å². The summed E-state index contributed by atoms with van der Waals surface area (Å²) in [6.07, 6.45) is 0. The third-order valence-corrected chi connectivity index (χ3v) is 8.18. The van der Waals surface area contributed by atoms with Gasteiger partial charge in [0.05, 0.1) is 24.5 Å². The van der Waals surface area contributed by atoms with E-state index in [-0.39, 0.29) is 23.9 Å². The van der Waals surface area contributed by atoms with Gasteiger partial charge in [0, 0.05) is 31.7 Å². The molecule has 0 unspecified atom stereocenters. The van der Waals surface area contributed by atoms with Gasteiger partial charge in [-0.3, -0.25) is 9.48 Å². The topological polar surface area (TPSA) is 84.7 Å². The van der Waals surface area contributed by atoms with Gasteiger partial charge in [0.2, 0.25) is 10.0 Å². The summed E-state index contributed by atoms with van der Waals surface area (Å²) in [6, 6.07) is 16.9. The second-order valence-electron chi connectivity index (χ2n) is 8.30. The first-order valence-electron chi connectivity index (χ1n) is 11.4. The number of sulfonamides is 1. The van der Waals surface area contributed by atoms with Crippen LogP contribution in [0, 0.1) is 13.8 Å². The largest absolute Gasteiger partial charge is 0.494 e. The molecule has 0 aliphatic carbocycles. The molecule has 34 heavy (non-hydrogen) atoms. The molecule has 8 nitrogen and oxygen atoms in total. The summed E-state index contributed by atoms with van der Waals surface area (Å²) in [5.41, 5.74) is 2.72. The summed E-state index contributed by atoms with van der Waals surface area (Å²) in [7, 11) is -3.73. The minimum absolute atomic E-state index is 0.108. The minimum atomic E-state index is -3.73. The number of hydrogen-bond acceptors (Lipinski definition) is 5. The SMILES string of the molecule is CCOc1ccc(C(=O)N2CCN(S(=O)(=O)c3c(C)nn(Cc4ccccc4)c3C)CC2)cc1. The molecule has 0 spiro atoms. The van der Waals surface area contributed by atoms with Crippen molar-refractivity contribution < 1.29 is 17.9 Å². The Kier molecular flexibility index (Phi) is 7.04. The number of carbonyl (C=O) groups is 1. The van der Waals surface area contributed by atoms with Crippen molar-refractivity contribution in [1.29, 1.82) is 0 Å². The van der Waals surface area contributed by atoms with Crippen LogP contribution in [-0.2, 0) is 16.6 Å². The van der Waals surface area contributed by atoms with Crippen LogP contribution in [0.3, 0.4) is 0 Å². The van der Waals surface area contributed by atoms with Crippen molar-refractivity contribution in [3.8, 4) is 5.75 Å². The summed E-state index contributed by atoms with van der Waals surface area (Å²) in [5.74, 6) is 0.608. The highest BCUT2D eigenvalue weighted by Crippen LogP contribution is 2.25. The average Bonchev–Trinajstić information content (AvgIpc) is 3.13. The molecule has 1 aliphatic rings. The van der Waals surface area contributed by atoms with Gasteiger partial charge in [-0.1, -0.05) is 30.3 Å². The normalized spacial score (nSPS) is 14.9. The number of rotatable bonds is 7. The molecule has 180 valence electrons. The molecule has 0 saturated carbocycles. The van der Waals surface area contributed by atoms with E-state index < -0.39 is 10.0 Å². The smallest absolute Gasteiger partial charge is 0.253 e.